The summed E-state index contributed by atoms with van der Waals surface area (Å²) in [4.78, 5) is 0. The van der Waals surface area contributed by atoms with Gasteiger partial charge >= 0.3 is 0 Å². The van der Waals surface area contributed by atoms with Crippen LogP contribution in [-0.2, 0) is 6.54 Å². The van der Waals surface area contributed by atoms with Gasteiger partial charge in [-0.15, -0.1) is 0 Å². The summed E-state index contributed by atoms with van der Waals surface area (Å²) < 4.78 is 2.40. The molecule has 0 radical (unpaired) electrons. The van der Waals surface area contributed by atoms with Crippen LogP contribution in [0.5, 0.6) is 0 Å². The van der Waals surface area contributed by atoms with E-state index in [0.717, 1.165) is 6.54 Å². The van der Waals surface area contributed by atoms with Crippen molar-refractivity contribution >= 4 is 0 Å². The van der Waals surface area contributed by atoms with E-state index in [1.165, 1.54) is 17.0 Å². The van der Waals surface area contributed by atoms with Gasteiger partial charge in [0.25, 0.3) is 0 Å². The van der Waals surface area contributed by atoms with Crippen molar-refractivity contribution in [1.29, 1.82) is 0 Å². The molecule has 2 aromatic rings. The zero-order valence-corrected chi connectivity index (χ0v) is 10.3. The molecule has 16 heavy (non-hydrogen) atoms. The lowest BCUT2D eigenvalue weighted by molar-refractivity contribution is 0.677. The lowest BCUT2D eigenvalue weighted by atomic mass is 10.1. The van der Waals surface area contributed by atoms with E-state index >= 15 is 0 Å². The molecule has 0 unspecified atom stereocenters. The standard InChI is InChI=1S/C15H19N/c1-12(2)15-10-9-13(3)16(15)11-14-7-5-4-6-8-14/h4-10,12H,11H2,1-3H3. The second-order valence-electron chi connectivity index (χ2n) is 4.63. The zero-order valence-electron chi connectivity index (χ0n) is 10.3. The molecule has 2 rings (SSSR count). The van der Waals surface area contributed by atoms with Gasteiger partial charge in [0.05, 0.1) is 0 Å². The van der Waals surface area contributed by atoms with Crippen molar-refractivity contribution in [2.75, 3.05) is 0 Å². The summed E-state index contributed by atoms with van der Waals surface area (Å²) in [6.07, 6.45) is 0. The van der Waals surface area contributed by atoms with Crippen LogP contribution in [0.4, 0.5) is 0 Å². The first-order chi connectivity index (χ1) is 7.68. The van der Waals surface area contributed by atoms with Gasteiger partial charge in [0.1, 0.15) is 0 Å². The first-order valence-electron chi connectivity index (χ1n) is 5.88. The second-order valence-corrected chi connectivity index (χ2v) is 4.63. The van der Waals surface area contributed by atoms with Crippen LogP contribution in [0.3, 0.4) is 0 Å². The van der Waals surface area contributed by atoms with Crippen molar-refractivity contribution in [2.45, 2.75) is 33.2 Å². The molecule has 1 heterocycles. The molecular formula is C15H19N. The van der Waals surface area contributed by atoms with E-state index in [2.05, 4.69) is 67.8 Å². The monoisotopic (exact) mass is 213 g/mol. The third-order valence-electron chi connectivity index (χ3n) is 3.01. The van der Waals surface area contributed by atoms with E-state index in [1.807, 2.05) is 0 Å². The molecule has 0 aliphatic heterocycles. The predicted octanol–water partition coefficient (Wildman–Crippen LogP) is 3.97. The Bertz CT molecular complexity index is 452. The molecule has 1 nitrogen and oxygen atoms in total. The summed E-state index contributed by atoms with van der Waals surface area (Å²) >= 11 is 0. The number of aromatic nitrogens is 1. The van der Waals surface area contributed by atoms with Gasteiger partial charge in [-0.25, -0.2) is 0 Å². The minimum atomic E-state index is 0.581. The van der Waals surface area contributed by atoms with Gasteiger partial charge in [0, 0.05) is 17.9 Å². The van der Waals surface area contributed by atoms with Crippen LogP contribution in [0, 0.1) is 6.92 Å². The topological polar surface area (TPSA) is 4.93 Å². The molecule has 1 heteroatoms. The highest BCUT2D eigenvalue weighted by Gasteiger charge is 2.08. The molecule has 0 bridgehead atoms. The summed E-state index contributed by atoms with van der Waals surface area (Å²) in [5, 5.41) is 0. The first kappa shape index (κ1) is 11.0. The SMILES string of the molecule is Cc1ccc(C(C)C)n1Cc1ccccc1. The second kappa shape index (κ2) is 4.56. The van der Waals surface area contributed by atoms with Crippen LogP contribution in [-0.4, -0.2) is 4.57 Å². The van der Waals surface area contributed by atoms with Gasteiger partial charge in [-0.05, 0) is 30.5 Å². The van der Waals surface area contributed by atoms with E-state index in [9.17, 15) is 0 Å². The number of hydrogen-bond acceptors (Lipinski definition) is 0. The Hall–Kier alpha value is -1.50. The fraction of sp³-hybridized carbons (Fsp3) is 0.333. The minimum absolute atomic E-state index is 0.581. The van der Waals surface area contributed by atoms with Crippen molar-refractivity contribution in [3.63, 3.8) is 0 Å². The molecular weight excluding hydrogens is 194 g/mol. The van der Waals surface area contributed by atoms with Crippen molar-refractivity contribution in [2.24, 2.45) is 0 Å². The van der Waals surface area contributed by atoms with Crippen LogP contribution < -0.4 is 0 Å². The third-order valence-corrected chi connectivity index (χ3v) is 3.01. The number of rotatable bonds is 3. The van der Waals surface area contributed by atoms with E-state index in [4.69, 9.17) is 0 Å². The largest absolute Gasteiger partial charge is 0.344 e. The average molecular weight is 213 g/mol. The Balaban J connectivity index is 2.31. The normalized spacial score (nSPS) is 11.0. The lowest BCUT2D eigenvalue weighted by Crippen LogP contribution is -2.07. The van der Waals surface area contributed by atoms with Gasteiger partial charge in [0.15, 0.2) is 0 Å². The zero-order chi connectivity index (χ0) is 11.5. The molecule has 0 atom stereocenters. The van der Waals surface area contributed by atoms with Crippen LogP contribution in [0.25, 0.3) is 0 Å². The number of hydrogen-bond donors (Lipinski definition) is 0. The predicted molar refractivity (Wildman–Crippen MR) is 68.8 cm³/mol. The van der Waals surface area contributed by atoms with Crippen molar-refractivity contribution < 1.29 is 0 Å². The van der Waals surface area contributed by atoms with Crippen molar-refractivity contribution in [3.05, 3.63) is 59.4 Å². The smallest absolute Gasteiger partial charge is 0.0475 e. The van der Waals surface area contributed by atoms with E-state index in [1.54, 1.807) is 0 Å². The summed E-state index contributed by atoms with van der Waals surface area (Å²) in [7, 11) is 0. The van der Waals surface area contributed by atoms with E-state index in [0.29, 0.717) is 5.92 Å². The summed E-state index contributed by atoms with van der Waals surface area (Å²) in [6.45, 7) is 7.65. The van der Waals surface area contributed by atoms with Gasteiger partial charge < -0.3 is 4.57 Å². The fourth-order valence-electron chi connectivity index (χ4n) is 2.08. The van der Waals surface area contributed by atoms with Gasteiger partial charge in [-0.3, -0.25) is 0 Å². The summed E-state index contributed by atoms with van der Waals surface area (Å²) in [5.74, 6) is 0.581. The maximum atomic E-state index is 2.40. The molecule has 0 N–H and O–H groups in total. The van der Waals surface area contributed by atoms with Gasteiger partial charge in [-0.2, -0.15) is 0 Å². The molecule has 0 saturated carbocycles. The minimum Gasteiger partial charge on any atom is -0.344 e. The summed E-state index contributed by atoms with van der Waals surface area (Å²) in [6, 6.07) is 15.1. The fourth-order valence-corrected chi connectivity index (χ4v) is 2.08. The quantitative estimate of drug-likeness (QED) is 0.727. The Morgan fingerprint density at radius 2 is 1.69 bits per heavy atom. The number of aryl methyl sites for hydroxylation is 1. The molecule has 0 aliphatic rings. The third kappa shape index (κ3) is 2.19. The molecule has 84 valence electrons. The molecule has 1 aromatic carbocycles. The Morgan fingerprint density at radius 1 is 1.00 bits per heavy atom. The summed E-state index contributed by atoms with van der Waals surface area (Å²) in [5.41, 5.74) is 4.12. The molecule has 0 spiro atoms. The van der Waals surface area contributed by atoms with Gasteiger partial charge in [-0.1, -0.05) is 44.2 Å². The molecule has 0 fully saturated rings. The molecule has 0 aliphatic carbocycles. The maximum Gasteiger partial charge on any atom is 0.0475 e. The first-order valence-corrected chi connectivity index (χ1v) is 5.88. The van der Waals surface area contributed by atoms with Crippen molar-refractivity contribution in [1.82, 2.24) is 4.57 Å². The molecule has 0 amide bonds. The number of nitrogens with zero attached hydrogens (tertiary/aromatic N) is 1. The Morgan fingerprint density at radius 3 is 2.31 bits per heavy atom. The van der Waals surface area contributed by atoms with Crippen LogP contribution >= 0.6 is 0 Å². The van der Waals surface area contributed by atoms with Crippen LogP contribution in [0.1, 0.15) is 36.7 Å². The van der Waals surface area contributed by atoms with Crippen LogP contribution in [0.15, 0.2) is 42.5 Å². The van der Waals surface area contributed by atoms with E-state index in [-0.39, 0.29) is 0 Å². The Labute approximate surface area is 97.7 Å². The molecule has 0 saturated heterocycles. The molecule has 1 aromatic heterocycles. The van der Waals surface area contributed by atoms with Crippen molar-refractivity contribution in [3.8, 4) is 0 Å². The lowest BCUT2D eigenvalue weighted by Gasteiger charge is -2.14. The highest BCUT2D eigenvalue weighted by molar-refractivity contribution is 5.22. The van der Waals surface area contributed by atoms with Crippen LogP contribution in [0.2, 0.25) is 0 Å². The average Bonchev–Trinajstić information content (AvgIpc) is 2.62. The maximum absolute atomic E-state index is 2.40. The highest BCUT2D eigenvalue weighted by Crippen LogP contribution is 2.19. The number of benzene rings is 1. The van der Waals surface area contributed by atoms with E-state index < -0.39 is 0 Å². The Kier molecular flexibility index (Phi) is 3.14. The highest BCUT2D eigenvalue weighted by atomic mass is 15.0. The van der Waals surface area contributed by atoms with Gasteiger partial charge in [0.2, 0.25) is 0 Å².